The monoisotopic (exact) mass is 456 g/mol. The van der Waals surface area contributed by atoms with Gasteiger partial charge < -0.3 is 19.5 Å². The maximum atomic E-state index is 13.2. The number of ketones is 1. The number of ether oxygens (including phenoxy) is 2. The highest BCUT2D eigenvalue weighted by Gasteiger charge is 2.49. The summed E-state index contributed by atoms with van der Waals surface area (Å²) in [6.45, 7) is 0. The van der Waals surface area contributed by atoms with Gasteiger partial charge in [-0.25, -0.2) is 0 Å². The van der Waals surface area contributed by atoms with Gasteiger partial charge in [0.1, 0.15) is 17.3 Å². The molecule has 32 heavy (non-hydrogen) atoms. The molecule has 1 aliphatic carbocycles. The first-order chi connectivity index (χ1) is 15.5. The van der Waals surface area contributed by atoms with Crippen LogP contribution in [0.3, 0.4) is 0 Å². The minimum atomic E-state index is -0.739. The Morgan fingerprint density at radius 3 is 2.47 bits per heavy atom. The molecule has 1 saturated carbocycles. The Labute approximate surface area is 191 Å². The Bertz CT molecular complexity index is 1060. The van der Waals surface area contributed by atoms with Crippen LogP contribution >= 0.6 is 11.6 Å². The fraction of sp³-hybridized carbons (Fsp3) is 0.375. The largest absolute Gasteiger partial charge is 0.507 e. The van der Waals surface area contributed by atoms with Crippen molar-refractivity contribution in [3.8, 4) is 11.5 Å². The van der Waals surface area contributed by atoms with Gasteiger partial charge in [0.05, 0.1) is 36.4 Å². The summed E-state index contributed by atoms with van der Waals surface area (Å²) in [6.07, 6.45) is 7.99. The van der Waals surface area contributed by atoms with Crippen molar-refractivity contribution in [2.24, 2.45) is 0 Å². The van der Waals surface area contributed by atoms with Crippen LogP contribution in [0.5, 0.6) is 11.5 Å². The van der Waals surface area contributed by atoms with E-state index in [2.05, 4.69) is 4.98 Å². The van der Waals surface area contributed by atoms with E-state index in [1.54, 1.807) is 23.4 Å². The third-order valence-electron chi connectivity index (χ3n) is 6.18. The Balaban J connectivity index is 1.91. The molecule has 1 aromatic carbocycles. The lowest BCUT2D eigenvalue weighted by molar-refractivity contribution is -0.141. The molecular weight excluding hydrogens is 432 g/mol. The molecule has 1 N–H and O–H groups in total. The van der Waals surface area contributed by atoms with Crippen LogP contribution in [0.1, 0.15) is 49.3 Å². The van der Waals surface area contributed by atoms with Crippen molar-refractivity contribution in [1.29, 1.82) is 0 Å². The van der Waals surface area contributed by atoms with Crippen molar-refractivity contribution in [1.82, 2.24) is 9.88 Å². The molecule has 1 atom stereocenters. The lowest BCUT2D eigenvalue weighted by Crippen LogP contribution is -2.40. The van der Waals surface area contributed by atoms with Gasteiger partial charge in [-0.15, -0.1) is 0 Å². The summed E-state index contributed by atoms with van der Waals surface area (Å²) in [5, 5.41) is 11.6. The second-order valence-corrected chi connectivity index (χ2v) is 8.38. The number of halogens is 1. The first-order valence-corrected chi connectivity index (χ1v) is 11.0. The average molecular weight is 457 g/mol. The summed E-state index contributed by atoms with van der Waals surface area (Å²) in [5.74, 6) is -1.03. The molecule has 2 aliphatic rings. The maximum absolute atomic E-state index is 13.2. The van der Waals surface area contributed by atoms with Crippen LogP contribution in [-0.2, 0) is 9.59 Å². The molecule has 1 aromatic heterocycles. The highest BCUT2D eigenvalue weighted by atomic mass is 35.5. The molecule has 2 heterocycles. The first kappa shape index (κ1) is 22.1. The summed E-state index contributed by atoms with van der Waals surface area (Å²) in [7, 11) is 2.91. The molecule has 2 aromatic rings. The predicted octanol–water partition coefficient (Wildman–Crippen LogP) is 4.51. The minimum Gasteiger partial charge on any atom is -0.507 e. The first-order valence-electron chi connectivity index (χ1n) is 10.6. The van der Waals surface area contributed by atoms with Crippen molar-refractivity contribution in [3.05, 3.63) is 58.4 Å². The molecule has 8 heteroatoms. The maximum Gasteiger partial charge on any atom is 0.295 e. The van der Waals surface area contributed by atoms with Crippen LogP contribution in [0.4, 0.5) is 0 Å². The van der Waals surface area contributed by atoms with E-state index in [1.165, 1.54) is 26.4 Å². The second-order valence-electron chi connectivity index (χ2n) is 7.97. The highest BCUT2D eigenvalue weighted by molar-refractivity contribution is 6.46. The zero-order chi connectivity index (χ0) is 22.8. The lowest BCUT2D eigenvalue weighted by atomic mass is 9.91. The summed E-state index contributed by atoms with van der Waals surface area (Å²) in [5.41, 5.74) is 0.888. The van der Waals surface area contributed by atoms with Crippen molar-refractivity contribution in [3.63, 3.8) is 0 Å². The van der Waals surface area contributed by atoms with Gasteiger partial charge in [-0.1, -0.05) is 36.9 Å². The zero-order valence-corrected chi connectivity index (χ0v) is 18.8. The molecule has 168 valence electrons. The number of aliphatic hydroxyl groups is 1. The smallest absolute Gasteiger partial charge is 0.295 e. The predicted molar refractivity (Wildman–Crippen MR) is 120 cm³/mol. The number of nitrogens with zero attached hydrogens (tertiary/aromatic N) is 2. The SMILES string of the molecule is COc1cc(OC)c(/C(O)=C2\C(=O)C(=O)N(C3CCCCC3)C2c2cccnc2)cc1Cl. The van der Waals surface area contributed by atoms with Crippen LogP contribution in [0.25, 0.3) is 5.76 Å². The van der Waals surface area contributed by atoms with E-state index in [-0.39, 0.29) is 33.7 Å². The zero-order valence-electron chi connectivity index (χ0n) is 18.0. The normalized spacial score (nSPS) is 21.1. The number of amides is 1. The third kappa shape index (κ3) is 3.81. The highest BCUT2D eigenvalue weighted by Crippen LogP contribution is 2.45. The number of hydrogen-bond donors (Lipinski definition) is 1. The van der Waals surface area contributed by atoms with E-state index in [0.717, 1.165) is 32.1 Å². The molecule has 1 aliphatic heterocycles. The molecule has 7 nitrogen and oxygen atoms in total. The lowest BCUT2D eigenvalue weighted by Gasteiger charge is -2.35. The molecule has 1 saturated heterocycles. The van der Waals surface area contributed by atoms with Gasteiger partial charge in [-0.05, 0) is 30.5 Å². The van der Waals surface area contributed by atoms with E-state index < -0.39 is 17.7 Å². The van der Waals surface area contributed by atoms with E-state index in [1.807, 2.05) is 6.07 Å². The van der Waals surface area contributed by atoms with Crippen LogP contribution < -0.4 is 9.47 Å². The summed E-state index contributed by atoms with van der Waals surface area (Å²) in [6, 6.07) is 5.76. The van der Waals surface area contributed by atoms with Crippen LogP contribution in [0.15, 0.2) is 42.2 Å². The van der Waals surface area contributed by atoms with E-state index >= 15 is 0 Å². The van der Waals surface area contributed by atoms with Crippen molar-refractivity contribution < 1.29 is 24.2 Å². The van der Waals surface area contributed by atoms with Crippen molar-refractivity contribution in [2.45, 2.75) is 44.2 Å². The molecule has 0 spiro atoms. The van der Waals surface area contributed by atoms with Gasteiger partial charge in [-0.3, -0.25) is 14.6 Å². The standard InChI is InChI=1S/C24H25ClN2O5/c1-31-18-12-19(32-2)17(25)11-16(18)22(28)20-21(14-7-6-10-26-13-14)27(24(30)23(20)29)15-8-4-3-5-9-15/h6-7,10-13,15,21,28H,3-5,8-9H2,1-2H3/b22-20+. The quantitative estimate of drug-likeness (QED) is 0.404. The number of pyridine rings is 1. The summed E-state index contributed by atoms with van der Waals surface area (Å²) >= 11 is 6.29. The Kier molecular flexibility index (Phi) is 6.37. The number of hydrogen-bond acceptors (Lipinski definition) is 6. The number of aliphatic hydroxyl groups excluding tert-OH is 1. The molecule has 2 fully saturated rings. The minimum absolute atomic E-state index is 0.00751. The third-order valence-corrected chi connectivity index (χ3v) is 6.47. The summed E-state index contributed by atoms with van der Waals surface area (Å²) < 4.78 is 10.6. The van der Waals surface area contributed by atoms with E-state index in [0.29, 0.717) is 11.3 Å². The van der Waals surface area contributed by atoms with Gasteiger partial charge in [0.25, 0.3) is 11.7 Å². The number of Topliss-reactive ketones (excluding diaryl/α,β-unsaturated/α-hetero) is 1. The van der Waals surface area contributed by atoms with E-state index in [9.17, 15) is 14.7 Å². The van der Waals surface area contributed by atoms with Crippen molar-refractivity contribution in [2.75, 3.05) is 14.2 Å². The molecule has 4 rings (SSSR count). The summed E-state index contributed by atoms with van der Waals surface area (Å²) in [4.78, 5) is 32.2. The van der Waals surface area contributed by atoms with E-state index in [4.69, 9.17) is 21.1 Å². The number of carbonyl (C=O) groups excluding carboxylic acids is 2. The average Bonchev–Trinajstić information content (AvgIpc) is 3.10. The molecule has 1 amide bonds. The Morgan fingerprint density at radius 1 is 1.12 bits per heavy atom. The van der Waals surface area contributed by atoms with Gasteiger partial charge in [0.15, 0.2) is 0 Å². The van der Waals surface area contributed by atoms with Gasteiger partial charge in [-0.2, -0.15) is 0 Å². The number of likely N-dealkylation sites (tertiary alicyclic amines) is 1. The topological polar surface area (TPSA) is 89.0 Å². The number of carbonyl (C=O) groups is 2. The number of methoxy groups -OCH3 is 2. The number of rotatable bonds is 5. The van der Waals surface area contributed by atoms with Gasteiger partial charge >= 0.3 is 0 Å². The Morgan fingerprint density at radius 2 is 1.84 bits per heavy atom. The fourth-order valence-corrected chi connectivity index (χ4v) is 4.88. The Hall–Kier alpha value is -3.06. The molecule has 0 radical (unpaired) electrons. The van der Waals surface area contributed by atoms with Crippen molar-refractivity contribution >= 4 is 29.1 Å². The molecule has 0 bridgehead atoms. The second kappa shape index (κ2) is 9.20. The van der Waals surface area contributed by atoms with Crippen LogP contribution in [0, 0.1) is 0 Å². The van der Waals surface area contributed by atoms with Crippen LogP contribution in [0.2, 0.25) is 5.02 Å². The van der Waals surface area contributed by atoms with Gasteiger partial charge in [0.2, 0.25) is 0 Å². The number of benzene rings is 1. The molecular formula is C24H25ClN2O5. The number of aromatic nitrogens is 1. The van der Waals surface area contributed by atoms with Gasteiger partial charge in [0, 0.05) is 24.5 Å². The van der Waals surface area contributed by atoms with Crippen LogP contribution in [-0.4, -0.2) is 46.9 Å². The molecule has 1 unspecified atom stereocenters. The fourth-order valence-electron chi connectivity index (χ4n) is 4.64.